The number of carbonyl (C=O) groups is 2. The molecule has 0 spiro atoms. The minimum absolute atomic E-state index is 0.105. The molecule has 1 fully saturated rings. The van der Waals surface area contributed by atoms with E-state index < -0.39 is 5.82 Å². The van der Waals surface area contributed by atoms with Crippen LogP contribution in [0.2, 0.25) is 5.02 Å². The van der Waals surface area contributed by atoms with E-state index in [-0.39, 0.29) is 29.5 Å². The van der Waals surface area contributed by atoms with Crippen molar-refractivity contribution in [2.24, 2.45) is 11.7 Å². The Balaban J connectivity index is 1.27. The van der Waals surface area contributed by atoms with Gasteiger partial charge in [0.05, 0.1) is 23.3 Å². The van der Waals surface area contributed by atoms with E-state index in [1.807, 2.05) is 47.1 Å². The zero-order valence-corrected chi connectivity index (χ0v) is 24.8. The molecule has 2 atom stereocenters. The predicted octanol–water partition coefficient (Wildman–Crippen LogP) is 5.93. The third-order valence-corrected chi connectivity index (χ3v) is 9.08. The predicted molar refractivity (Wildman–Crippen MR) is 168 cm³/mol. The first-order valence-electron chi connectivity index (χ1n) is 14.7. The zero-order valence-electron chi connectivity index (χ0n) is 24.1. The van der Waals surface area contributed by atoms with Gasteiger partial charge in [-0.1, -0.05) is 48.0 Å². The van der Waals surface area contributed by atoms with Crippen molar-refractivity contribution in [3.05, 3.63) is 107 Å². The van der Waals surface area contributed by atoms with E-state index in [1.165, 1.54) is 11.6 Å². The van der Waals surface area contributed by atoms with Crippen LogP contribution >= 0.6 is 11.6 Å². The molecule has 2 N–H and O–H groups in total. The summed E-state index contributed by atoms with van der Waals surface area (Å²) in [5.74, 6) is -1.20. The fourth-order valence-corrected chi connectivity index (χ4v) is 6.50. The van der Waals surface area contributed by atoms with Gasteiger partial charge in [0, 0.05) is 47.5 Å². The summed E-state index contributed by atoms with van der Waals surface area (Å²) >= 11 is 6.18. The maximum Gasteiger partial charge on any atom is 0.273 e. The Kier molecular flexibility index (Phi) is 7.05. The minimum Gasteiger partial charge on any atom is -0.371 e. The van der Waals surface area contributed by atoms with Crippen LogP contribution in [0.15, 0.2) is 78.9 Å². The fraction of sp³-hybridized carbons (Fsp3) is 0.235. The normalized spacial score (nSPS) is 18.1. The van der Waals surface area contributed by atoms with Crippen LogP contribution in [0, 0.1) is 11.7 Å². The largest absolute Gasteiger partial charge is 0.371 e. The van der Waals surface area contributed by atoms with Gasteiger partial charge in [-0.15, -0.1) is 0 Å². The van der Waals surface area contributed by atoms with Crippen molar-refractivity contribution >= 4 is 34.7 Å². The second-order valence-electron chi connectivity index (χ2n) is 11.5. The molecule has 7 rings (SSSR count). The molecule has 1 saturated heterocycles. The summed E-state index contributed by atoms with van der Waals surface area (Å²) in [6.07, 6.45) is 1.42. The number of anilines is 1. The van der Waals surface area contributed by atoms with Crippen molar-refractivity contribution in [1.82, 2.24) is 19.5 Å². The molecule has 2 aliphatic rings. The molecule has 0 bridgehead atoms. The summed E-state index contributed by atoms with van der Waals surface area (Å²) in [6.45, 7) is 3.72. The first-order valence-corrected chi connectivity index (χ1v) is 15.0. The van der Waals surface area contributed by atoms with Crippen molar-refractivity contribution in [3.8, 4) is 22.5 Å². The number of hydrogen-bond donors (Lipinski definition) is 1. The fourth-order valence-electron chi connectivity index (χ4n) is 6.37. The van der Waals surface area contributed by atoms with Crippen molar-refractivity contribution in [3.63, 3.8) is 0 Å². The molecule has 0 unspecified atom stereocenters. The van der Waals surface area contributed by atoms with E-state index in [2.05, 4.69) is 12.1 Å². The van der Waals surface area contributed by atoms with Crippen molar-refractivity contribution in [2.75, 3.05) is 24.5 Å². The average molecular weight is 609 g/mol. The maximum absolute atomic E-state index is 15.6. The molecule has 0 aliphatic carbocycles. The van der Waals surface area contributed by atoms with Gasteiger partial charge in [0.1, 0.15) is 11.5 Å². The third kappa shape index (κ3) is 4.97. The second kappa shape index (κ2) is 11.1. The Labute approximate surface area is 258 Å². The molecule has 5 aromatic rings. The number of primary amides is 1. The van der Waals surface area contributed by atoms with Gasteiger partial charge in [-0.25, -0.2) is 13.9 Å². The highest BCUT2D eigenvalue weighted by molar-refractivity contribution is 6.30. The molecule has 3 aromatic carbocycles. The lowest BCUT2D eigenvalue weighted by atomic mass is 9.93. The molecule has 8 nitrogen and oxygen atoms in total. The number of amides is 2. The van der Waals surface area contributed by atoms with Gasteiger partial charge >= 0.3 is 0 Å². The van der Waals surface area contributed by atoms with Crippen LogP contribution in [0.3, 0.4) is 0 Å². The lowest BCUT2D eigenvalue weighted by Gasteiger charge is -2.35. The van der Waals surface area contributed by atoms with E-state index in [4.69, 9.17) is 27.4 Å². The van der Waals surface area contributed by atoms with Crippen molar-refractivity contribution < 1.29 is 14.0 Å². The molecule has 2 aliphatic heterocycles. The van der Waals surface area contributed by atoms with Crippen LogP contribution in [0.25, 0.3) is 28.2 Å². The van der Waals surface area contributed by atoms with Crippen LogP contribution < -0.4 is 10.6 Å². The summed E-state index contributed by atoms with van der Waals surface area (Å²) < 4.78 is 17.2. The smallest absolute Gasteiger partial charge is 0.273 e. The molecule has 4 heterocycles. The number of halogens is 2. The van der Waals surface area contributed by atoms with Gasteiger partial charge in [-0.05, 0) is 67.3 Å². The second-order valence-corrected chi connectivity index (χ2v) is 11.9. The van der Waals surface area contributed by atoms with Gasteiger partial charge in [-0.2, -0.15) is 5.10 Å². The number of nitrogens with zero attached hydrogens (tertiary/aromatic N) is 5. The minimum atomic E-state index is -0.446. The van der Waals surface area contributed by atoms with E-state index in [9.17, 15) is 9.59 Å². The molecular weight excluding hydrogens is 579 g/mol. The standard InChI is InChI=1S/C34H30ClFN6O2/c1-20-26-5-3-2-4-21(26)13-15-41(20)34(44)30-17-31(22-6-8-24(35)9-7-22)42-32(38-30)18-29(39-42)27-11-10-25(16-28(27)36)40-14-12-23(19-40)33(37)43/h2-11,16-18,20,23H,12-15,19H2,1H3,(H2,37,43)/t20-,23+/m1/s1. The molecule has 2 aromatic heterocycles. The number of hydrogen-bond acceptors (Lipinski definition) is 5. The van der Waals surface area contributed by atoms with E-state index >= 15 is 4.39 Å². The highest BCUT2D eigenvalue weighted by Crippen LogP contribution is 2.33. The van der Waals surface area contributed by atoms with Gasteiger partial charge in [0.2, 0.25) is 5.91 Å². The SMILES string of the molecule is C[C@@H]1c2ccccc2CCN1C(=O)c1cc(-c2ccc(Cl)cc2)n2nc(-c3ccc(N4CC[C@H](C(N)=O)C4)cc3F)cc2n1. The molecule has 10 heteroatoms. The first kappa shape index (κ1) is 28.0. The number of carbonyl (C=O) groups excluding carboxylic acids is 2. The van der Waals surface area contributed by atoms with Crippen LogP contribution in [0.1, 0.15) is 41.0 Å². The Hall–Kier alpha value is -4.76. The van der Waals surface area contributed by atoms with Crippen molar-refractivity contribution in [1.29, 1.82) is 0 Å². The highest BCUT2D eigenvalue weighted by atomic mass is 35.5. The summed E-state index contributed by atoms with van der Waals surface area (Å²) in [4.78, 5) is 34.1. The number of fused-ring (bicyclic) bond motifs is 2. The molecule has 0 saturated carbocycles. The van der Waals surface area contributed by atoms with Crippen LogP contribution in [0.4, 0.5) is 10.1 Å². The van der Waals surface area contributed by atoms with Gasteiger partial charge in [-0.3, -0.25) is 9.59 Å². The lowest BCUT2D eigenvalue weighted by molar-refractivity contribution is -0.121. The molecule has 0 radical (unpaired) electrons. The number of benzene rings is 3. The average Bonchev–Trinajstić information content (AvgIpc) is 3.69. The summed E-state index contributed by atoms with van der Waals surface area (Å²) in [5.41, 5.74) is 11.4. The zero-order chi connectivity index (χ0) is 30.5. The molecular formula is C34H30ClFN6O2. The molecule has 2 amide bonds. The molecule has 222 valence electrons. The van der Waals surface area contributed by atoms with Crippen LogP contribution in [-0.4, -0.2) is 50.9 Å². The number of rotatable bonds is 5. The topological polar surface area (TPSA) is 96.8 Å². The third-order valence-electron chi connectivity index (χ3n) is 8.83. The summed E-state index contributed by atoms with van der Waals surface area (Å²) in [7, 11) is 0. The number of aromatic nitrogens is 3. The van der Waals surface area contributed by atoms with Crippen LogP contribution in [0.5, 0.6) is 0 Å². The Morgan fingerprint density at radius 1 is 1.00 bits per heavy atom. The van der Waals surface area contributed by atoms with Crippen molar-refractivity contribution in [2.45, 2.75) is 25.8 Å². The van der Waals surface area contributed by atoms with E-state index in [0.717, 1.165) is 17.5 Å². The highest BCUT2D eigenvalue weighted by Gasteiger charge is 2.30. The first-order chi connectivity index (χ1) is 21.3. The Morgan fingerprint density at radius 2 is 1.80 bits per heavy atom. The van der Waals surface area contributed by atoms with Gasteiger partial charge in [0.25, 0.3) is 5.91 Å². The van der Waals surface area contributed by atoms with Gasteiger partial charge in [0.15, 0.2) is 5.65 Å². The van der Waals surface area contributed by atoms with E-state index in [1.54, 1.807) is 34.8 Å². The quantitative estimate of drug-likeness (QED) is 0.267. The number of nitrogens with two attached hydrogens (primary N) is 1. The Bertz CT molecular complexity index is 1920. The lowest BCUT2D eigenvalue weighted by Crippen LogP contribution is -2.39. The molecule has 44 heavy (non-hydrogen) atoms. The Morgan fingerprint density at radius 3 is 2.55 bits per heavy atom. The monoisotopic (exact) mass is 608 g/mol. The van der Waals surface area contributed by atoms with Gasteiger partial charge < -0.3 is 15.5 Å². The maximum atomic E-state index is 15.6. The van der Waals surface area contributed by atoms with E-state index in [0.29, 0.717) is 59.4 Å². The van der Waals surface area contributed by atoms with Crippen LogP contribution in [-0.2, 0) is 11.2 Å². The summed E-state index contributed by atoms with van der Waals surface area (Å²) in [6, 6.07) is 23.8. The summed E-state index contributed by atoms with van der Waals surface area (Å²) in [5, 5.41) is 5.33.